The van der Waals surface area contributed by atoms with Crippen molar-refractivity contribution in [2.24, 2.45) is 0 Å². The fraction of sp³-hybridized carbons (Fsp3) is 0.0769. The van der Waals surface area contributed by atoms with Crippen LogP contribution < -0.4 is 8.37 Å². The minimum Gasteiger partial charge on any atom is -0.379 e. The van der Waals surface area contributed by atoms with E-state index in [-0.39, 0.29) is 9.79 Å². The van der Waals surface area contributed by atoms with Crippen LogP contribution in [0.15, 0.2) is 117 Å². The molecule has 0 atom stereocenters. The van der Waals surface area contributed by atoms with Gasteiger partial charge in [-0.3, -0.25) is 0 Å². The van der Waals surface area contributed by atoms with Gasteiger partial charge < -0.3 is 8.37 Å². The third-order valence-electron chi connectivity index (χ3n) is 5.45. The molecule has 0 spiro atoms. The van der Waals surface area contributed by atoms with Crippen molar-refractivity contribution < 1.29 is 50.7 Å². The summed E-state index contributed by atoms with van der Waals surface area (Å²) in [4.78, 5) is -2.14. The maximum absolute atomic E-state index is 13.1. The van der Waals surface area contributed by atoms with E-state index >= 15 is 0 Å². The van der Waals surface area contributed by atoms with E-state index in [0.717, 1.165) is 35.4 Å². The van der Waals surface area contributed by atoms with E-state index in [2.05, 4.69) is 8.67 Å². The number of aryl methyl sites for hydroxylation is 2. The van der Waals surface area contributed by atoms with E-state index in [1.54, 1.807) is 13.8 Å². The Labute approximate surface area is 243 Å². The van der Waals surface area contributed by atoms with E-state index < -0.39 is 61.8 Å². The van der Waals surface area contributed by atoms with Crippen LogP contribution >= 0.6 is 0 Å². The van der Waals surface area contributed by atoms with Gasteiger partial charge in [-0.15, -0.1) is 0 Å². The average molecular weight is 655 g/mol. The highest BCUT2D eigenvalue weighted by Gasteiger charge is 2.31. The maximum Gasteiger partial charge on any atom is 0.339 e. The van der Waals surface area contributed by atoms with Gasteiger partial charge in [0, 0.05) is 6.07 Å². The SMILES string of the molecule is Cc1ccc(S(=O)(=O)Oc2ccc(OS(=O)(=O)c3ccc(C)cc3)c(S(=O)(=O)OOS(=O)(=O)c3ccccc3)c2)cc1. The fourth-order valence-electron chi connectivity index (χ4n) is 3.29. The van der Waals surface area contributed by atoms with Crippen LogP contribution in [-0.4, -0.2) is 33.7 Å². The van der Waals surface area contributed by atoms with Gasteiger partial charge in [-0.25, -0.2) is 0 Å². The van der Waals surface area contributed by atoms with E-state index in [0.29, 0.717) is 6.07 Å². The second-order valence-electron chi connectivity index (χ2n) is 8.67. The summed E-state index contributed by atoms with van der Waals surface area (Å²) in [6.07, 6.45) is 0. The largest absolute Gasteiger partial charge is 0.379 e. The predicted octanol–water partition coefficient (Wildman–Crippen LogP) is 3.86. The van der Waals surface area contributed by atoms with Crippen LogP contribution in [0.3, 0.4) is 0 Å². The summed E-state index contributed by atoms with van der Waals surface area (Å²) in [6.45, 7) is 3.45. The molecule has 0 amide bonds. The van der Waals surface area contributed by atoms with Gasteiger partial charge in [0.1, 0.15) is 20.4 Å². The molecule has 12 nitrogen and oxygen atoms in total. The summed E-state index contributed by atoms with van der Waals surface area (Å²) in [5.74, 6) is -1.46. The highest BCUT2D eigenvalue weighted by Crippen LogP contribution is 2.34. The van der Waals surface area contributed by atoms with Gasteiger partial charge in [-0.1, -0.05) is 62.3 Å². The number of benzene rings is 4. The van der Waals surface area contributed by atoms with E-state index in [1.807, 2.05) is 0 Å². The molecule has 0 bridgehead atoms. The molecule has 0 saturated carbocycles. The molecule has 0 saturated heterocycles. The lowest BCUT2D eigenvalue weighted by Gasteiger charge is -2.14. The Morgan fingerprint density at radius 2 is 0.905 bits per heavy atom. The van der Waals surface area contributed by atoms with Gasteiger partial charge in [0.05, 0.1) is 4.90 Å². The summed E-state index contributed by atoms with van der Waals surface area (Å²) >= 11 is 0. The van der Waals surface area contributed by atoms with Crippen molar-refractivity contribution in [2.75, 3.05) is 0 Å². The van der Waals surface area contributed by atoms with Crippen LogP contribution in [0.2, 0.25) is 0 Å². The molecule has 4 aromatic carbocycles. The first-order valence-corrected chi connectivity index (χ1v) is 17.3. The van der Waals surface area contributed by atoms with E-state index in [4.69, 9.17) is 8.37 Å². The quantitative estimate of drug-likeness (QED) is 0.130. The summed E-state index contributed by atoms with van der Waals surface area (Å²) in [5.41, 5.74) is 1.50. The molecule has 0 radical (unpaired) electrons. The summed E-state index contributed by atoms with van der Waals surface area (Å²) in [7, 11) is -19.2. The average Bonchev–Trinajstić information content (AvgIpc) is 2.93. The number of hydrogen-bond donors (Lipinski definition) is 0. The molecule has 0 aliphatic rings. The topological polar surface area (TPSA) is 173 Å². The highest BCUT2D eigenvalue weighted by atomic mass is 32.2. The van der Waals surface area contributed by atoms with E-state index in [9.17, 15) is 33.7 Å². The fourth-order valence-corrected chi connectivity index (χ4v) is 7.06. The Kier molecular flexibility index (Phi) is 8.77. The molecule has 0 aliphatic carbocycles. The van der Waals surface area contributed by atoms with Crippen LogP contribution in [0.4, 0.5) is 0 Å². The Balaban J connectivity index is 1.73. The van der Waals surface area contributed by atoms with Crippen molar-refractivity contribution in [3.8, 4) is 11.5 Å². The minimum absolute atomic E-state index is 0.256. The smallest absolute Gasteiger partial charge is 0.339 e. The summed E-state index contributed by atoms with van der Waals surface area (Å²) in [5, 5.41) is 0. The van der Waals surface area contributed by atoms with Gasteiger partial charge >= 0.3 is 40.5 Å². The van der Waals surface area contributed by atoms with Crippen molar-refractivity contribution in [1.82, 2.24) is 0 Å². The summed E-state index contributed by atoms with van der Waals surface area (Å²) in [6, 6.07) is 19.7. The molecular formula is C26H22O12S4. The molecule has 0 unspecified atom stereocenters. The molecular weight excluding hydrogens is 633 g/mol. The normalized spacial score (nSPS) is 12.5. The Bertz CT molecular complexity index is 2020. The third kappa shape index (κ3) is 7.33. The standard InChI is InChI=1S/C26H22O12S4/c1-19-8-13-23(14-9-19)39(27,28)35-21-12-17-25(36-40(29,30)24-15-10-20(2)11-16-24)26(18-21)42(33,34)38-37-41(31,32)22-6-4-3-5-7-22/h3-18H,1-2H3. The second kappa shape index (κ2) is 11.8. The molecule has 0 fully saturated rings. The minimum atomic E-state index is -5.31. The molecule has 42 heavy (non-hydrogen) atoms. The van der Waals surface area contributed by atoms with Gasteiger partial charge in [-0.05, 0) is 62.4 Å². The first-order chi connectivity index (χ1) is 19.6. The zero-order chi connectivity index (χ0) is 30.8. The molecule has 16 heteroatoms. The lowest BCUT2D eigenvalue weighted by atomic mass is 10.2. The highest BCUT2D eigenvalue weighted by molar-refractivity contribution is 7.89. The molecule has 0 aliphatic heterocycles. The zero-order valence-corrected chi connectivity index (χ0v) is 25.0. The van der Waals surface area contributed by atoms with E-state index in [1.165, 1.54) is 66.7 Å². The third-order valence-corrected chi connectivity index (χ3v) is 10.2. The molecule has 0 N–H and O–H groups in total. The van der Waals surface area contributed by atoms with Gasteiger partial charge in [0.15, 0.2) is 5.75 Å². The van der Waals surface area contributed by atoms with Crippen molar-refractivity contribution in [3.05, 3.63) is 108 Å². The molecule has 222 valence electrons. The van der Waals surface area contributed by atoms with Crippen LogP contribution in [0.5, 0.6) is 11.5 Å². The van der Waals surface area contributed by atoms with Crippen LogP contribution in [0.1, 0.15) is 11.1 Å². The Hall–Kier alpha value is -3.80. The van der Waals surface area contributed by atoms with Gasteiger partial charge in [0.25, 0.3) is 0 Å². The van der Waals surface area contributed by atoms with Crippen LogP contribution in [0, 0.1) is 13.8 Å². The number of hydrogen-bond acceptors (Lipinski definition) is 12. The Morgan fingerprint density at radius 1 is 0.452 bits per heavy atom. The first kappa shape index (κ1) is 31.1. The van der Waals surface area contributed by atoms with Crippen molar-refractivity contribution in [1.29, 1.82) is 0 Å². The van der Waals surface area contributed by atoms with Crippen molar-refractivity contribution >= 4 is 40.5 Å². The maximum atomic E-state index is 13.1. The number of rotatable bonds is 11. The molecule has 0 aromatic heterocycles. The first-order valence-electron chi connectivity index (χ1n) is 11.7. The lowest BCUT2D eigenvalue weighted by Crippen LogP contribution is -2.17. The van der Waals surface area contributed by atoms with Gasteiger partial charge in [0.2, 0.25) is 0 Å². The predicted molar refractivity (Wildman–Crippen MR) is 147 cm³/mol. The molecule has 0 heterocycles. The monoisotopic (exact) mass is 654 g/mol. The second-order valence-corrected chi connectivity index (χ2v) is 14.8. The van der Waals surface area contributed by atoms with Crippen LogP contribution in [0.25, 0.3) is 0 Å². The Morgan fingerprint density at radius 3 is 1.43 bits per heavy atom. The molecule has 4 rings (SSSR count). The lowest BCUT2D eigenvalue weighted by molar-refractivity contribution is -0.0852. The molecule has 4 aromatic rings. The van der Waals surface area contributed by atoms with Crippen molar-refractivity contribution in [3.63, 3.8) is 0 Å². The summed E-state index contributed by atoms with van der Waals surface area (Å²) < 4.78 is 121. The van der Waals surface area contributed by atoms with Gasteiger partial charge in [-0.2, -0.15) is 33.7 Å². The van der Waals surface area contributed by atoms with Crippen LogP contribution in [-0.2, 0) is 49.1 Å². The zero-order valence-electron chi connectivity index (χ0n) is 21.8. The van der Waals surface area contributed by atoms with Crippen molar-refractivity contribution in [2.45, 2.75) is 33.4 Å².